The molecule has 1 rings (SSSR count). The second-order valence-corrected chi connectivity index (χ2v) is 3.70. The van der Waals surface area contributed by atoms with Crippen molar-refractivity contribution in [1.29, 1.82) is 0 Å². The normalized spacial score (nSPS) is 14.4. The Bertz CT molecular complexity index is 410. The molecule has 0 amide bonds. The number of benzene rings is 1. The van der Waals surface area contributed by atoms with E-state index in [9.17, 15) is 9.90 Å². The number of carbonyl (C=O) groups is 1. The van der Waals surface area contributed by atoms with Crippen molar-refractivity contribution < 1.29 is 24.9 Å². The van der Waals surface area contributed by atoms with Crippen LogP contribution in [0.1, 0.15) is 5.56 Å². The number of carbonyl (C=O) groups excluding carboxylic acids is 1. The average Bonchev–Trinajstić information content (AvgIpc) is 2.43. The summed E-state index contributed by atoms with van der Waals surface area (Å²) in [6, 6.07) is 6.97. The first kappa shape index (κ1) is 14.4. The van der Waals surface area contributed by atoms with Gasteiger partial charge in [-0.2, -0.15) is 0 Å². The summed E-state index contributed by atoms with van der Waals surface area (Å²) < 4.78 is 4.99. The fourth-order valence-electron chi connectivity index (χ4n) is 1.28. The number of aliphatic hydroxyl groups is 3. The number of rotatable bonds is 6. The first-order chi connectivity index (χ1) is 8.58. The Labute approximate surface area is 105 Å². The van der Waals surface area contributed by atoms with Crippen molar-refractivity contribution in [3.63, 3.8) is 0 Å². The van der Waals surface area contributed by atoms with Crippen molar-refractivity contribution in [2.24, 2.45) is 0 Å². The molecular weight excluding hydrogens is 236 g/mol. The Kier molecular flexibility index (Phi) is 5.51. The maximum Gasteiger partial charge on any atom is 0.186 e. The topological polar surface area (TPSA) is 87.0 Å². The summed E-state index contributed by atoms with van der Waals surface area (Å²) in [7, 11) is 1.56. The van der Waals surface area contributed by atoms with Crippen LogP contribution in [0.4, 0.5) is 0 Å². The van der Waals surface area contributed by atoms with Crippen LogP contribution in [-0.2, 0) is 4.79 Å². The molecule has 0 aliphatic rings. The van der Waals surface area contributed by atoms with Crippen LogP contribution in [0.2, 0.25) is 0 Å². The Morgan fingerprint density at radius 1 is 1.33 bits per heavy atom. The molecule has 0 fully saturated rings. The monoisotopic (exact) mass is 252 g/mol. The maximum absolute atomic E-state index is 11.4. The lowest BCUT2D eigenvalue weighted by molar-refractivity contribution is -0.129. The van der Waals surface area contributed by atoms with Crippen LogP contribution < -0.4 is 4.74 Å². The van der Waals surface area contributed by atoms with E-state index >= 15 is 0 Å². The Morgan fingerprint density at radius 3 is 2.44 bits per heavy atom. The van der Waals surface area contributed by atoms with Crippen LogP contribution in [0.5, 0.6) is 5.75 Å². The number of ether oxygens (including phenoxy) is 1. The van der Waals surface area contributed by atoms with Gasteiger partial charge in [-0.3, -0.25) is 4.79 Å². The third-order valence-corrected chi connectivity index (χ3v) is 2.40. The molecule has 0 heterocycles. The van der Waals surface area contributed by atoms with E-state index in [4.69, 9.17) is 14.9 Å². The number of methoxy groups -OCH3 is 1. The fraction of sp³-hybridized carbons (Fsp3) is 0.308. The molecular formula is C13H16O5. The molecule has 0 spiro atoms. The van der Waals surface area contributed by atoms with E-state index in [0.717, 1.165) is 11.6 Å². The maximum atomic E-state index is 11.4. The zero-order chi connectivity index (χ0) is 13.5. The zero-order valence-electron chi connectivity index (χ0n) is 9.98. The zero-order valence-corrected chi connectivity index (χ0v) is 9.98. The highest BCUT2D eigenvalue weighted by atomic mass is 16.5. The SMILES string of the molecule is COc1ccc(C=CC(=O)C(O)C(O)CO)cc1. The molecule has 0 radical (unpaired) electrons. The smallest absolute Gasteiger partial charge is 0.186 e. The third-order valence-electron chi connectivity index (χ3n) is 2.40. The summed E-state index contributed by atoms with van der Waals surface area (Å²) >= 11 is 0. The van der Waals surface area contributed by atoms with E-state index in [1.54, 1.807) is 31.4 Å². The van der Waals surface area contributed by atoms with Gasteiger partial charge in [-0.15, -0.1) is 0 Å². The minimum absolute atomic E-state index is 0.660. The Hall–Kier alpha value is -1.69. The van der Waals surface area contributed by atoms with Crippen LogP contribution in [0.3, 0.4) is 0 Å². The molecule has 1 aromatic rings. The van der Waals surface area contributed by atoms with Gasteiger partial charge in [0.1, 0.15) is 18.0 Å². The van der Waals surface area contributed by atoms with Crippen LogP contribution in [0, 0.1) is 0 Å². The summed E-state index contributed by atoms with van der Waals surface area (Å²) in [5.74, 6) is 0.0431. The largest absolute Gasteiger partial charge is 0.497 e. The van der Waals surface area contributed by atoms with Crippen LogP contribution >= 0.6 is 0 Å². The Morgan fingerprint density at radius 2 is 1.94 bits per heavy atom. The highest BCUT2D eigenvalue weighted by Gasteiger charge is 2.20. The van der Waals surface area contributed by atoms with Gasteiger partial charge in [-0.05, 0) is 23.8 Å². The number of aliphatic hydroxyl groups excluding tert-OH is 3. The van der Waals surface area contributed by atoms with E-state index in [1.807, 2.05) is 0 Å². The summed E-state index contributed by atoms with van der Waals surface area (Å²) in [5.41, 5.74) is 0.759. The van der Waals surface area contributed by atoms with Gasteiger partial charge in [-0.1, -0.05) is 18.2 Å². The van der Waals surface area contributed by atoms with Crippen LogP contribution in [-0.4, -0.2) is 47.0 Å². The molecule has 0 aliphatic heterocycles. The van der Waals surface area contributed by atoms with E-state index in [2.05, 4.69) is 0 Å². The lowest BCUT2D eigenvalue weighted by Crippen LogP contribution is -2.35. The number of ketones is 1. The van der Waals surface area contributed by atoms with E-state index < -0.39 is 24.6 Å². The van der Waals surface area contributed by atoms with Gasteiger partial charge in [0.2, 0.25) is 0 Å². The summed E-state index contributed by atoms with van der Waals surface area (Å²) in [4.78, 5) is 11.4. The minimum Gasteiger partial charge on any atom is -0.497 e. The van der Waals surface area contributed by atoms with Gasteiger partial charge >= 0.3 is 0 Å². The molecule has 18 heavy (non-hydrogen) atoms. The summed E-state index contributed by atoms with van der Waals surface area (Å²) in [5, 5.41) is 27.0. The van der Waals surface area contributed by atoms with Gasteiger partial charge in [0.25, 0.3) is 0 Å². The molecule has 1 aromatic carbocycles. The van der Waals surface area contributed by atoms with Crippen molar-refractivity contribution >= 4 is 11.9 Å². The highest BCUT2D eigenvalue weighted by molar-refractivity contribution is 5.97. The highest BCUT2D eigenvalue weighted by Crippen LogP contribution is 2.12. The fourth-order valence-corrected chi connectivity index (χ4v) is 1.28. The lowest BCUT2D eigenvalue weighted by atomic mass is 10.1. The molecule has 0 aromatic heterocycles. The van der Waals surface area contributed by atoms with Crippen molar-refractivity contribution in [2.75, 3.05) is 13.7 Å². The van der Waals surface area contributed by atoms with E-state index in [1.165, 1.54) is 6.08 Å². The summed E-state index contributed by atoms with van der Waals surface area (Å²) in [6.07, 6.45) is -0.400. The molecule has 2 atom stereocenters. The van der Waals surface area contributed by atoms with E-state index in [-0.39, 0.29) is 0 Å². The summed E-state index contributed by atoms with van der Waals surface area (Å²) in [6.45, 7) is -0.663. The van der Waals surface area contributed by atoms with Gasteiger partial charge < -0.3 is 20.1 Å². The predicted molar refractivity (Wildman–Crippen MR) is 66.1 cm³/mol. The standard InChI is InChI=1S/C13H16O5/c1-18-10-5-2-9(3-6-10)4-7-11(15)13(17)12(16)8-14/h2-7,12-14,16-17H,8H2,1H3. The van der Waals surface area contributed by atoms with Crippen molar-refractivity contribution in [3.05, 3.63) is 35.9 Å². The molecule has 3 N–H and O–H groups in total. The number of hydrogen-bond acceptors (Lipinski definition) is 5. The first-order valence-electron chi connectivity index (χ1n) is 5.41. The van der Waals surface area contributed by atoms with Crippen LogP contribution in [0.25, 0.3) is 6.08 Å². The second-order valence-electron chi connectivity index (χ2n) is 3.70. The molecule has 0 saturated heterocycles. The van der Waals surface area contributed by atoms with Crippen molar-refractivity contribution in [2.45, 2.75) is 12.2 Å². The molecule has 0 aliphatic carbocycles. The molecule has 98 valence electrons. The van der Waals surface area contributed by atoms with E-state index in [0.29, 0.717) is 5.75 Å². The molecule has 5 nitrogen and oxygen atoms in total. The van der Waals surface area contributed by atoms with Crippen molar-refractivity contribution in [1.82, 2.24) is 0 Å². The minimum atomic E-state index is -1.61. The number of hydrogen-bond donors (Lipinski definition) is 3. The van der Waals surface area contributed by atoms with Gasteiger partial charge in [0.15, 0.2) is 5.78 Å². The van der Waals surface area contributed by atoms with Gasteiger partial charge in [0.05, 0.1) is 13.7 Å². The molecule has 5 heteroatoms. The quantitative estimate of drug-likeness (QED) is 0.620. The van der Waals surface area contributed by atoms with Gasteiger partial charge in [-0.25, -0.2) is 0 Å². The van der Waals surface area contributed by atoms with Gasteiger partial charge in [0, 0.05) is 0 Å². The molecule has 0 saturated carbocycles. The Balaban J connectivity index is 2.65. The molecule has 2 unspecified atom stereocenters. The first-order valence-corrected chi connectivity index (χ1v) is 5.41. The average molecular weight is 252 g/mol. The molecule has 0 bridgehead atoms. The predicted octanol–water partition coefficient (Wildman–Crippen LogP) is -0.00840. The van der Waals surface area contributed by atoms with Crippen molar-refractivity contribution in [3.8, 4) is 5.75 Å². The third kappa shape index (κ3) is 3.96. The second kappa shape index (κ2) is 6.90. The van der Waals surface area contributed by atoms with Crippen LogP contribution in [0.15, 0.2) is 30.3 Å². The lowest BCUT2D eigenvalue weighted by Gasteiger charge is -2.11.